The molecule has 0 aliphatic heterocycles. The fourth-order valence-corrected chi connectivity index (χ4v) is 4.71. The minimum absolute atomic E-state index is 0.135. The summed E-state index contributed by atoms with van der Waals surface area (Å²) in [6.07, 6.45) is 8.08. The lowest BCUT2D eigenvalue weighted by molar-refractivity contribution is 0.0696. The first-order valence-corrected chi connectivity index (χ1v) is 11.2. The summed E-state index contributed by atoms with van der Waals surface area (Å²) in [7, 11) is 1.95. The van der Waals surface area contributed by atoms with Gasteiger partial charge < -0.3 is 9.47 Å². The van der Waals surface area contributed by atoms with E-state index in [1.54, 1.807) is 11.8 Å². The van der Waals surface area contributed by atoms with Crippen molar-refractivity contribution < 1.29 is 4.79 Å². The summed E-state index contributed by atoms with van der Waals surface area (Å²) in [4.78, 5) is 19.5. The Bertz CT molecular complexity index is 958. The third-order valence-electron chi connectivity index (χ3n) is 5.79. The normalized spacial score (nSPS) is 15.1. The molecule has 0 saturated heterocycles. The van der Waals surface area contributed by atoms with Crippen LogP contribution in [-0.4, -0.2) is 39.7 Å². The van der Waals surface area contributed by atoms with Crippen LogP contribution in [0, 0.1) is 0 Å². The predicted molar refractivity (Wildman–Crippen MR) is 116 cm³/mol. The van der Waals surface area contributed by atoms with Gasteiger partial charge >= 0.3 is 0 Å². The number of amides is 1. The number of benzene rings is 2. The molecule has 28 heavy (non-hydrogen) atoms. The molecule has 3 aromatic rings. The van der Waals surface area contributed by atoms with Gasteiger partial charge in [0.2, 0.25) is 0 Å². The smallest absolute Gasteiger partial charge is 0.253 e. The Labute approximate surface area is 170 Å². The molecule has 0 atom stereocenters. The predicted octanol–water partition coefficient (Wildman–Crippen LogP) is 5.21. The lowest BCUT2D eigenvalue weighted by Gasteiger charge is -2.31. The second-order valence-corrected chi connectivity index (χ2v) is 8.35. The Morgan fingerprint density at radius 2 is 1.82 bits per heavy atom. The molecule has 0 N–H and O–H groups in total. The number of para-hydroxylation sites is 2. The maximum atomic E-state index is 12.9. The van der Waals surface area contributed by atoms with Gasteiger partial charge in [0.25, 0.3) is 5.91 Å². The minimum Gasteiger partial charge on any atom is -0.339 e. The number of imidazole rings is 1. The lowest BCUT2D eigenvalue weighted by Crippen LogP contribution is -2.38. The maximum absolute atomic E-state index is 12.9. The molecule has 1 aliphatic carbocycles. The topological polar surface area (TPSA) is 38.1 Å². The van der Waals surface area contributed by atoms with Crippen LogP contribution in [-0.2, 0) is 6.54 Å². The standard InChI is InChI=1S/C23H27N3OS/c1-25(19-8-4-3-5-9-19)22(27)18-14-12-17(13-15-18)16-26-21-11-7-6-10-20(21)24-23(26)28-2/h6-7,10-15,19H,3-5,8-9,16H2,1-2H3. The zero-order valence-corrected chi connectivity index (χ0v) is 17.4. The quantitative estimate of drug-likeness (QED) is 0.559. The summed E-state index contributed by atoms with van der Waals surface area (Å²) in [5.74, 6) is 0.135. The van der Waals surface area contributed by atoms with Crippen molar-refractivity contribution in [3.63, 3.8) is 0 Å². The Morgan fingerprint density at radius 1 is 1.11 bits per heavy atom. The second-order valence-electron chi connectivity index (χ2n) is 7.58. The minimum atomic E-state index is 0.135. The largest absolute Gasteiger partial charge is 0.339 e. The number of carbonyl (C=O) groups is 1. The van der Waals surface area contributed by atoms with Gasteiger partial charge in [-0.25, -0.2) is 4.98 Å². The Kier molecular flexibility index (Phi) is 5.72. The third-order valence-corrected chi connectivity index (χ3v) is 6.46. The van der Waals surface area contributed by atoms with Crippen LogP contribution in [0.1, 0.15) is 48.0 Å². The van der Waals surface area contributed by atoms with Crippen LogP contribution in [0.5, 0.6) is 0 Å². The molecule has 1 aromatic heterocycles. The van der Waals surface area contributed by atoms with Gasteiger partial charge in [0.05, 0.1) is 17.6 Å². The van der Waals surface area contributed by atoms with Crippen molar-refractivity contribution in [2.45, 2.75) is 49.8 Å². The van der Waals surface area contributed by atoms with Crippen LogP contribution in [0.25, 0.3) is 11.0 Å². The highest BCUT2D eigenvalue weighted by Crippen LogP contribution is 2.25. The van der Waals surface area contributed by atoms with Gasteiger partial charge in [-0.1, -0.05) is 55.3 Å². The summed E-state index contributed by atoms with van der Waals surface area (Å²) in [6, 6.07) is 16.7. The molecule has 0 unspecified atom stereocenters. The zero-order chi connectivity index (χ0) is 19.5. The Hall–Kier alpha value is -2.27. The van der Waals surface area contributed by atoms with E-state index in [0.29, 0.717) is 6.04 Å². The number of hydrogen-bond acceptors (Lipinski definition) is 3. The van der Waals surface area contributed by atoms with Gasteiger partial charge in [-0.2, -0.15) is 0 Å². The average molecular weight is 394 g/mol. The molecule has 146 valence electrons. The van der Waals surface area contributed by atoms with Crippen LogP contribution in [0.4, 0.5) is 0 Å². The van der Waals surface area contributed by atoms with E-state index in [0.717, 1.165) is 41.1 Å². The second kappa shape index (κ2) is 8.39. The third kappa shape index (κ3) is 3.81. The molecule has 0 bridgehead atoms. The molecule has 2 aromatic carbocycles. The molecular formula is C23H27N3OS. The number of nitrogens with zero attached hydrogens (tertiary/aromatic N) is 3. The molecule has 4 nitrogen and oxygen atoms in total. The van der Waals surface area contributed by atoms with E-state index in [4.69, 9.17) is 4.98 Å². The Morgan fingerprint density at radius 3 is 2.54 bits per heavy atom. The molecule has 1 heterocycles. The summed E-state index contributed by atoms with van der Waals surface area (Å²) >= 11 is 1.66. The first kappa shape index (κ1) is 19.1. The van der Waals surface area contributed by atoms with E-state index < -0.39 is 0 Å². The first-order valence-electron chi connectivity index (χ1n) is 10.0. The highest BCUT2D eigenvalue weighted by Gasteiger charge is 2.22. The fraction of sp³-hybridized carbons (Fsp3) is 0.391. The van der Waals surface area contributed by atoms with Gasteiger partial charge in [-0.3, -0.25) is 4.79 Å². The van der Waals surface area contributed by atoms with E-state index >= 15 is 0 Å². The highest BCUT2D eigenvalue weighted by molar-refractivity contribution is 7.98. The van der Waals surface area contributed by atoms with Crippen molar-refractivity contribution in [1.29, 1.82) is 0 Å². The van der Waals surface area contributed by atoms with E-state index in [1.807, 2.05) is 36.2 Å². The molecule has 0 radical (unpaired) electrons. The van der Waals surface area contributed by atoms with Crippen LogP contribution < -0.4 is 0 Å². The SMILES string of the molecule is CSc1nc2ccccc2n1Cc1ccc(C(=O)N(C)C2CCCCC2)cc1. The summed E-state index contributed by atoms with van der Waals surface area (Å²) in [6.45, 7) is 0.754. The number of thioether (sulfide) groups is 1. The van der Waals surface area contributed by atoms with Crippen molar-refractivity contribution in [3.8, 4) is 0 Å². The van der Waals surface area contributed by atoms with Crippen LogP contribution in [0.2, 0.25) is 0 Å². The van der Waals surface area contributed by atoms with Gasteiger partial charge in [-0.05, 0) is 48.9 Å². The zero-order valence-electron chi connectivity index (χ0n) is 16.6. The fourth-order valence-electron chi connectivity index (χ4n) is 4.14. The number of fused-ring (bicyclic) bond motifs is 1. The number of aromatic nitrogens is 2. The van der Waals surface area contributed by atoms with Crippen molar-refractivity contribution >= 4 is 28.7 Å². The maximum Gasteiger partial charge on any atom is 0.253 e. The summed E-state index contributed by atoms with van der Waals surface area (Å²) < 4.78 is 2.24. The molecule has 4 rings (SSSR count). The number of hydrogen-bond donors (Lipinski definition) is 0. The van der Waals surface area contributed by atoms with Crippen LogP contribution in [0.3, 0.4) is 0 Å². The van der Waals surface area contributed by atoms with E-state index in [-0.39, 0.29) is 5.91 Å². The number of carbonyl (C=O) groups excluding carboxylic acids is 1. The molecule has 5 heteroatoms. The van der Waals surface area contributed by atoms with Crippen molar-refractivity contribution in [3.05, 3.63) is 59.7 Å². The Balaban J connectivity index is 1.52. The van der Waals surface area contributed by atoms with Crippen LogP contribution >= 0.6 is 11.8 Å². The van der Waals surface area contributed by atoms with E-state index in [9.17, 15) is 4.79 Å². The van der Waals surface area contributed by atoms with Crippen molar-refractivity contribution in [1.82, 2.24) is 14.5 Å². The lowest BCUT2D eigenvalue weighted by atomic mass is 9.94. The van der Waals surface area contributed by atoms with Gasteiger partial charge in [0.15, 0.2) is 5.16 Å². The van der Waals surface area contributed by atoms with Gasteiger partial charge in [0, 0.05) is 18.7 Å². The molecule has 1 aliphatic rings. The first-order chi connectivity index (χ1) is 13.7. The molecule has 1 saturated carbocycles. The molecule has 1 fully saturated rings. The van der Waals surface area contributed by atoms with Gasteiger partial charge in [0.1, 0.15) is 0 Å². The molecule has 0 spiro atoms. The summed E-state index contributed by atoms with van der Waals surface area (Å²) in [5.41, 5.74) is 4.12. The van der Waals surface area contributed by atoms with E-state index in [2.05, 4.69) is 35.1 Å². The highest BCUT2D eigenvalue weighted by atomic mass is 32.2. The van der Waals surface area contributed by atoms with Gasteiger partial charge in [-0.15, -0.1) is 0 Å². The average Bonchev–Trinajstić information content (AvgIpc) is 3.11. The molecular weight excluding hydrogens is 366 g/mol. The summed E-state index contributed by atoms with van der Waals surface area (Å²) in [5, 5.41) is 1.01. The van der Waals surface area contributed by atoms with Crippen molar-refractivity contribution in [2.75, 3.05) is 13.3 Å². The number of rotatable bonds is 5. The monoisotopic (exact) mass is 393 g/mol. The van der Waals surface area contributed by atoms with E-state index in [1.165, 1.54) is 24.8 Å². The van der Waals surface area contributed by atoms with Crippen LogP contribution in [0.15, 0.2) is 53.7 Å². The van der Waals surface area contributed by atoms with Crippen molar-refractivity contribution in [2.24, 2.45) is 0 Å². The molecule has 1 amide bonds.